The highest BCUT2D eigenvalue weighted by Gasteiger charge is 2.25. The van der Waals surface area contributed by atoms with Crippen molar-refractivity contribution in [1.29, 1.82) is 0 Å². The largest absolute Gasteiger partial charge is 0.388 e. The van der Waals surface area contributed by atoms with Crippen molar-refractivity contribution in [3.63, 3.8) is 0 Å². The Labute approximate surface area is 127 Å². The van der Waals surface area contributed by atoms with Crippen LogP contribution in [0.3, 0.4) is 0 Å². The third-order valence-corrected chi connectivity index (χ3v) is 4.55. The topological polar surface area (TPSA) is 66.6 Å². The highest BCUT2D eigenvalue weighted by Crippen LogP contribution is 2.42. The fourth-order valence-corrected chi connectivity index (χ4v) is 3.24. The first-order chi connectivity index (χ1) is 9.93. The summed E-state index contributed by atoms with van der Waals surface area (Å²) in [7, 11) is 0. The van der Waals surface area contributed by atoms with Gasteiger partial charge in [0.2, 0.25) is 0 Å². The second-order valence-electron chi connectivity index (χ2n) is 4.85. The van der Waals surface area contributed by atoms with Gasteiger partial charge in [0.25, 0.3) is 0 Å². The molecule has 2 aromatic rings. The highest BCUT2D eigenvalue weighted by molar-refractivity contribution is 7.16. The number of nitrogens with zero attached hydrogens (tertiary/aromatic N) is 2. The minimum absolute atomic E-state index is 0.0401. The number of benzene rings is 1. The van der Waals surface area contributed by atoms with E-state index in [1.807, 2.05) is 43.0 Å². The SMILES string of the molecule is CCN(c1ccc(C)cc1)c1sc([C@H](C)O)cc1[N+](=O)[O-]. The first-order valence-electron chi connectivity index (χ1n) is 6.74. The molecule has 0 fully saturated rings. The predicted octanol–water partition coefficient (Wildman–Crippen LogP) is 4.18. The Morgan fingerprint density at radius 2 is 2.00 bits per heavy atom. The number of rotatable bonds is 5. The molecule has 1 atom stereocenters. The van der Waals surface area contributed by atoms with Gasteiger partial charge in [0.15, 0.2) is 5.00 Å². The molecule has 5 nitrogen and oxygen atoms in total. The Balaban J connectivity index is 2.50. The molecule has 0 saturated heterocycles. The number of hydrogen-bond donors (Lipinski definition) is 1. The van der Waals surface area contributed by atoms with Gasteiger partial charge in [-0.15, -0.1) is 11.3 Å². The Bertz CT molecular complexity index is 635. The van der Waals surface area contributed by atoms with Gasteiger partial charge in [0.1, 0.15) is 0 Å². The van der Waals surface area contributed by atoms with E-state index in [1.54, 1.807) is 6.92 Å². The van der Waals surface area contributed by atoms with E-state index in [9.17, 15) is 15.2 Å². The van der Waals surface area contributed by atoms with Gasteiger partial charge in [-0.3, -0.25) is 10.1 Å². The molecule has 0 amide bonds. The maximum atomic E-state index is 11.3. The maximum Gasteiger partial charge on any atom is 0.304 e. The molecule has 0 unspecified atom stereocenters. The van der Waals surface area contributed by atoms with Crippen LogP contribution >= 0.6 is 11.3 Å². The van der Waals surface area contributed by atoms with Gasteiger partial charge in [0, 0.05) is 23.2 Å². The number of aliphatic hydroxyl groups excluding tert-OH is 1. The van der Waals surface area contributed by atoms with Crippen molar-refractivity contribution >= 4 is 27.7 Å². The van der Waals surface area contributed by atoms with E-state index in [-0.39, 0.29) is 5.69 Å². The number of anilines is 2. The third kappa shape index (κ3) is 3.22. The van der Waals surface area contributed by atoms with Gasteiger partial charge in [0.05, 0.1) is 11.0 Å². The van der Waals surface area contributed by atoms with Gasteiger partial charge in [-0.2, -0.15) is 0 Å². The van der Waals surface area contributed by atoms with E-state index >= 15 is 0 Å². The second-order valence-corrected chi connectivity index (χ2v) is 5.91. The highest BCUT2D eigenvalue weighted by atomic mass is 32.1. The van der Waals surface area contributed by atoms with Crippen molar-refractivity contribution < 1.29 is 10.0 Å². The van der Waals surface area contributed by atoms with Gasteiger partial charge in [-0.1, -0.05) is 17.7 Å². The molecular weight excluding hydrogens is 288 g/mol. The molecule has 6 heteroatoms. The lowest BCUT2D eigenvalue weighted by atomic mass is 10.2. The zero-order valence-corrected chi connectivity index (χ0v) is 13.1. The summed E-state index contributed by atoms with van der Waals surface area (Å²) in [6.07, 6.45) is -0.709. The Kier molecular flexibility index (Phi) is 4.59. The van der Waals surface area contributed by atoms with E-state index in [4.69, 9.17) is 0 Å². The smallest absolute Gasteiger partial charge is 0.304 e. The molecule has 0 bridgehead atoms. The maximum absolute atomic E-state index is 11.3. The summed E-state index contributed by atoms with van der Waals surface area (Å²) in [5.41, 5.74) is 2.09. The summed E-state index contributed by atoms with van der Waals surface area (Å²) in [5.74, 6) is 0. The Morgan fingerprint density at radius 3 is 2.48 bits per heavy atom. The molecule has 1 aromatic heterocycles. The van der Waals surface area contributed by atoms with E-state index in [2.05, 4.69) is 0 Å². The number of hydrogen-bond acceptors (Lipinski definition) is 5. The third-order valence-electron chi connectivity index (χ3n) is 3.23. The van der Waals surface area contributed by atoms with E-state index < -0.39 is 11.0 Å². The van der Waals surface area contributed by atoms with Gasteiger partial charge >= 0.3 is 5.69 Å². The normalized spacial score (nSPS) is 12.2. The fraction of sp³-hybridized carbons (Fsp3) is 0.333. The lowest BCUT2D eigenvalue weighted by Gasteiger charge is -2.21. The van der Waals surface area contributed by atoms with Crippen LogP contribution in [0.4, 0.5) is 16.4 Å². The van der Waals surface area contributed by atoms with Crippen LogP contribution in [0.25, 0.3) is 0 Å². The van der Waals surface area contributed by atoms with E-state index in [1.165, 1.54) is 17.4 Å². The average molecular weight is 306 g/mol. The number of aliphatic hydroxyl groups is 1. The van der Waals surface area contributed by atoms with Gasteiger partial charge in [-0.05, 0) is 32.9 Å². The Hall–Kier alpha value is -1.92. The molecule has 0 spiro atoms. The zero-order chi connectivity index (χ0) is 15.6. The number of thiophene rings is 1. The van der Waals surface area contributed by atoms with E-state index in [0.29, 0.717) is 16.4 Å². The minimum Gasteiger partial charge on any atom is -0.388 e. The van der Waals surface area contributed by atoms with E-state index in [0.717, 1.165) is 11.3 Å². The molecule has 1 aromatic carbocycles. The number of nitro groups is 1. The van der Waals surface area contributed by atoms with Crippen molar-refractivity contribution in [2.75, 3.05) is 11.4 Å². The first kappa shape index (κ1) is 15.5. The molecule has 0 aliphatic rings. The number of aryl methyl sites for hydroxylation is 1. The van der Waals surface area contributed by atoms with Crippen LogP contribution in [0.1, 0.15) is 30.4 Å². The summed E-state index contributed by atoms with van der Waals surface area (Å²) in [5, 5.41) is 21.5. The molecule has 21 heavy (non-hydrogen) atoms. The summed E-state index contributed by atoms with van der Waals surface area (Å²) in [6.45, 7) is 6.18. The Morgan fingerprint density at radius 1 is 1.38 bits per heavy atom. The molecule has 112 valence electrons. The molecule has 1 N–H and O–H groups in total. The zero-order valence-electron chi connectivity index (χ0n) is 12.2. The lowest BCUT2D eigenvalue weighted by Crippen LogP contribution is -2.15. The van der Waals surface area contributed by atoms with Crippen molar-refractivity contribution in [1.82, 2.24) is 0 Å². The summed E-state index contributed by atoms with van der Waals surface area (Å²) < 4.78 is 0. The van der Waals surface area contributed by atoms with Crippen LogP contribution in [0.2, 0.25) is 0 Å². The molecule has 0 saturated carbocycles. The molecule has 1 heterocycles. The summed E-state index contributed by atoms with van der Waals surface area (Å²) >= 11 is 1.26. The van der Waals surface area contributed by atoms with Crippen LogP contribution in [0, 0.1) is 17.0 Å². The van der Waals surface area contributed by atoms with Crippen molar-refractivity contribution in [3.05, 3.63) is 50.9 Å². The first-order valence-corrected chi connectivity index (χ1v) is 7.56. The van der Waals surface area contributed by atoms with Crippen LogP contribution in [-0.2, 0) is 0 Å². The molecule has 0 aliphatic carbocycles. The fourth-order valence-electron chi connectivity index (χ4n) is 2.09. The summed E-state index contributed by atoms with van der Waals surface area (Å²) in [4.78, 5) is 13.4. The van der Waals surface area contributed by atoms with Crippen LogP contribution in [0.5, 0.6) is 0 Å². The van der Waals surface area contributed by atoms with Crippen molar-refractivity contribution in [2.24, 2.45) is 0 Å². The second kappa shape index (κ2) is 6.24. The molecular formula is C15H18N2O3S. The van der Waals surface area contributed by atoms with Gasteiger partial charge < -0.3 is 10.0 Å². The summed E-state index contributed by atoms with van der Waals surface area (Å²) in [6, 6.07) is 9.32. The molecule has 2 rings (SSSR count). The van der Waals surface area contributed by atoms with Gasteiger partial charge in [-0.25, -0.2) is 0 Å². The average Bonchev–Trinajstić information content (AvgIpc) is 2.87. The van der Waals surface area contributed by atoms with Crippen molar-refractivity contribution in [2.45, 2.75) is 26.9 Å². The van der Waals surface area contributed by atoms with Crippen molar-refractivity contribution in [3.8, 4) is 0 Å². The quantitative estimate of drug-likeness (QED) is 0.665. The van der Waals surface area contributed by atoms with Crippen LogP contribution in [0.15, 0.2) is 30.3 Å². The molecule has 0 aliphatic heterocycles. The molecule has 0 radical (unpaired) electrons. The standard InChI is InChI=1S/C15H18N2O3S/c1-4-16(12-7-5-10(2)6-8-12)15-13(17(19)20)9-14(21-15)11(3)18/h5-9,11,18H,4H2,1-3H3/t11-/m0/s1. The van der Waals surface area contributed by atoms with Crippen LogP contribution in [-0.4, -0.2) is 16.6 Å². The predicted molar refractivity (Wildman–Crippen MR) is 85.5 cm³/mol. The lowest BCUT2D eigenvalue weighted by molar-refractivity contribution is -0.383. The minimum atomic E-state index is -0.709. The van der Waals surface area contributed by atoms with Crippen LogP contribution < -0.4 is 4.90 Å². The monoisotopic (exact) mass is 306 g/mol.